The monoisotopic (exact) mass is 227 g/mol. The summed E-state index contributed by atoms with van der Waals surface area (Å²) in [5, 5.41) is 17.5. The minimum absolute atomic E-state index is 0.00867. The molecule has 2 aromatic rings. The molecule has 0 spiro atoms. The Morgan fingerprint density at radius 1 is 1.41 bits per heavy atom. The van der Waals surface area contributed by atoms with E-state index >= 15 is 0 Å². The van der Waals surface area contributed by atoms with Gasteiger partial charge in [-0.3, -0.25) is 0 Å². The van der Waals surface area contributed by atoms with Crippen LogP contribution in [0.25, 0.3) is 0 Å². The molecule has 0 aliphatic heterocycles. The second-order valence-corrected chi connectivity index (χ2v) is 3.49. The minimum atomic E-state index is -1.05. The summed E-state index contributed by atoms with van der Waals surface area (Å²) in [6, 6.07) is 9.02. The second kappa shape index (κ2) is 4.49. The van der Waals surface area contributed by atoms with Crippen LogP contribution in [0.2, 0.25) is 0 Å². The molecule has 1 heterocycles. The SMILES string of the molecule is N#Cc1ccc(Cn2ccnc2C(=O)O)cc1. The van der Waals surface area contributed by atoms with Crippen molar-refractivity contribution in [1.82, 2.24) is 9.55 Å². The number of aromatic nitrogens is 2. The van der Waals surface area contributed by atoms with Gasteiger partial charge in [0, 0.05) is 18.9 Å². The summed E-state index contributed by atoms with van der Waals surface area (Å²) in [6.45, 7) is 0.424. The largest absolute Gasteiger partial charge is 0.475 e. The highest BCUT2D eigenvalue weighted by molar-refractivity contribution is 5.83. The normalized spacial score (nSPS) is 9.82. The van der Waals surface area contributed by atoms with Gasteiger partial charge < -0.3 is 9.67 Å². The first-order valence-corrected chi connectivity index (χ1v) is 4.94. The third-order valence-corrected chi connectivity index (χ3v) is 2.34. The van der Waals surface area contributed by atoms with Crippen molar-refractivity contribution in [3.05, 3.63) is 53.6 Å². The Labute approximate surface area is 97.6 Å². The number of nitrogens with zero attached hydrogens (tertiary/aromatic N) is 3. The summed E-state index contributed by atoms with van der Waals surface area (Å²) in [5.41, 5.74) is 1.50. The van der Waals surface area contributed by atoms with Crippen LogP contribution in [0.5, 0.6) is 0 Å². The van der Waals surface area contributed by atoms with E-state index in [0.717, 1.165) is 5.56 Å². The van der Waals surface area contributed by atoms with Crippen molar-refractivity contribution in [2.75, 3.05) is 0 Å². The van der Waals surface area contributed by atoms with E-state index in [2.05, 4.69) is 4.98 Å². The van der Waals surface area contributed by atoms with Gasteiger partial charge in [0.05, 0.1) is 11.6 Å². The van der Waals surface area contributed by atoms with Crippen LogP contribution in [0.3, 0.4) is 0 Å². The van der Waals surface area contributed by atoms with Gasteiger partial charge in [-0.15, -0.1) is 0 Å². The fourth-order valence-electron chi connectivity index (χ4n) is 1.52. The topological polar surface area (TPSA) is 78.9 Å². The van der Waals surface area contributed by atoms with Gasteiger partial charge >= 0.3 is 5.97 Å². The van der Waals surface area contributed by atoms with Gasteiger partial charge in [0.2, 0.25) is 5.82 Å². The summed E-state index contributed by atoms with van der Waals surface area (Å²) >= 11 is 0. The number of benzene rings is 1. The fraction of sp³-hybridized carbons (Fsp3) is 0.0833. The zero-order chi connectivity index (χ0) is 12.3. The summed E-state index contributed by atoms with van der Waals surface area (Å²) in [4.78, 5) is 14.6. The van der Waals surface area contributed by atoms with Gasteiger partial charge in [-0.25, -0.2) is 9.78 Å². The molecule has 84 valence electrons. The first-order chi connectivity index (χ1) is 8.20. The van der Waals surface area contributed by atoms with Crippen molar-refractivity contribution < 1.29 is 9.90 Å². The van der Waals surface area contributed by atoms with Crippen LogP contribution in [0.15, 0.2) is 36.7 Å². The molecule has 0 saturated heterocycles. The molecule has 0 saturated carbocycles. The van der Waals surface area contributed by atoms with E-state index in [4.69, 9.17) is 10.4 Å². The summed E-state index contributed by atoms with van der Waals surface area (Å²) in [6.07, 6.45) is 3.06. The molecule has 0 aliphatic rings. The Kier molecular flexibility index (Phi) is 2.88. The van der Waals surface area contributed by atoms with Gasteiger partial charge in [-0.05, 0) is 17.7 Å². The van der Waals surface area contributed by atoms with Crippen molar-refractivity contribution in [3.63, 3.8) is 0 Å². The average Bonchev–Trinajstić information content (AvgIpc) is 2.78. The van der Waals surface area contributed by atoms with Crippen molar-refractivity contribution >= 4 is 5.97 Å². The lowest BCUT2D eigenvalue weighted by atomic mass is 10.1. The van der Waals surface area contributed by atoms with Crippen LogP contribution >= 0.6 is 0 Å². The first-order valence-electron chi connectivity index (χ1n) is 4.94. The van der Waals surface area contributed by atoms with E-state index in [0.29, 0.717) is 12.1 Å². The molecule has 0 amide bonds. The molecule has 0 fully saturated rings. The van der Waals surface area contributed by atoms with Crippen molar-refractivity contribution in [2.24, 2.45) is 0 Å². The molecule has 1 N–H and O–H groups in total. The molecule has 5 heteroatoms. The van der Waals surface area contributed by atoms with Crippen LogP contribution in [0.1, 0.15) is 21.7 Å². The molecule has 0 bridgehead atoms. The Balaban J connectivity index is 2.23. The molecule has 0 aliphatic carbocycles. The maximum absolute atomic E-state index is 10.8. The third-order valence-electron chi connectivity index (χ3n) is 2.34. The highest BCUT2D eigenvalue weighted by Gasteiger charge is 2.10. The van der Waals surface area contributed by atoms with Crippen LogP contribution in [-0.2, 0) is 6.54 Å². The average molecular weight is 227 g/mol. The lowest BCUT2D eigenvalue weighted by Crippen LogP contribution is -2.09. The van der Waals surface area contributed by atoms with E-state index in [1.165, 1.54) is 6.20 Å². The molecular weight excluding hydrogens is 218 g/mol. The van der Waals surface area contributed by atoms with Crippen LogP contribution < -0.4 is 0 Å². The number of hydrogen-bond donors (Lipinski definition) is 1. The van der Waals surface area contributed by atoms with Gasteiger partial charge in [-0.2, -0.15) is 5.26 Å². The molecule has 5 nitrogen and oxygen atoms in total. The minimum Gasteiger partial charge on any atom is -0.475 e. The number of nitriles is 1. The van der Waals surface area contributed by atoms with Crippen molar-refractivity contribution in [3.8, 4) is 6.07 Å². The smallest absolute Gasteiger partial charge is 0.372 e. The predicted molar refractivity (Wildman–Crippen MR) is 59.4 cm³/mol. The molecule has 0 unspecified atom stereocenters. The molecule has 0 radical (unpaired) electrons. The Hall–Kier alpha value is -2.61. The molecule has 1 aromatic carbocycles. The number of carbonyl (C=O) groups is 1. The number of rotatable bonds is 3. The third kappa shape index (κ3) is 2.32. The zero-order valence-corrected chi connectivity index (χ0v) is 8.87. The first kappa shape index (κ1) is 10.9. The highest BCUT2D eigenvalue weighted by atomic mass is 16.4. The van der Waals surface area contributed by atoms with E-state index in [1.54, 1.807) is 35.0 Å². The molecule has 0 atom stereocenters. The van der Waals surface area contributed by atoms with Crippen LogP contribution in [0, 0.1) is 11.3 Å². The van der Waals surface area contributed by atoms with Crippen molar-refractivity contribution in [1.29, 1.82) is 5.26 Å². The Bertz CT molecular complexity index is 579. The number of aromatic carboxylic acids is 1. The van der Waals surface area contributed by atoms with Crippen molar-refractivity contribution in [2.45, 2.75) is 6.54 Å². The fourth-order valence-corrected chi connectivity index (χ4v) is 1.52. The van der Waals surface area contributed by atoms with Crippen LogP contribution in [-0.4, -0.2) is 20.6 Å². The molecule has 1 aromatic heterocycles. The molecule has 2 rings (SSSR count). The quantitative estimate of drug-likeness (QED) is 0.861. The van der Waals surface area contributed by atoms with Gasteiger partial charge in [0.25, 0.3) is 0 Å². The van der Waals surface area contributed by atoms with Gasteiger partial charge in [0.15, 0.2) is 0 Å². The maximum atomic E-state index is 10.8. The lowest BCUT2D eigenvalue weighted by Gasteiger charge is -2.04. The summed E-state index contributed by atoms with van der Waals surface area (Å²) in [5.74, 6) is -1.04. The number of hydrogen-bond acceptors (Lipinski definition) is 3. The standard InChI is InChI=1S/C12H9N3O2/c13-7-9-1-3-10(4-2-9)8-15-6-5-14-11(15)12(16)17/h1-6H,8H2,(H,16,17). The van der Waals surface area contributed by atoms with Gasteiger partial charge in [0.1, 0.15) is 0 Å². The Morgan fingerprint density at radius 3 is 2.71 bits per heavy atom. The number of imidazole rings is 1. The highest BCUT2D eigenvalue weighted by Crippen LogP contribution is 2.07. The number of carboxylic acid groups (broad SMARTS) is 1. The zero-order valence-electron chi connectivity index (χ0n) is 8.87. The predicted octanol–water partition coefficient (Wildman–Crippen LogP) is 1.50. The molecular formula is C12H9N3O2. The second-order valence-electron chi connectivity index (χ2n) is 3.49. The van der Waals surface area contributed by atoms with Crippen LogP contribution in [0.4, 0.5) is 0 Å². The van der Waals surface area contributed by atoms with E-state index < -0.39 is 5.97 Å². The van der Waals surface area contributed by atoms with E-state index in [9.17, 15) is 4.79 Å². The maximum Gasteiger partial charge on any atom is 0.372 e. The van der Waals surface area contributed by atoms with Gasteiger partial charge in [-0.1, -0.05) is 12.1 Å². The number of carboxylic acids is 1. The Morgan fingerprint density at radius 2 is 2.12 bits per heavy atom. The molecule has 17 heavy (non-hydrogen) atoms. The van der Waals surface area contributed by atoms with E-state index in [-0.39, 0.29) is 5.82 Å². The summed E-state index contributed by atoms with van der Waals surface area (Å²) in [7, 11) is 0. The lowest BCUT2D eigenvalue weighted by molar-refractivity contribution is 0.0679. The van der Waals surface area contributed by atoms with E-state index in [1.807, 2.05) is 6.07 Å². The summed E-state index contributed by atoms with van der Waals surface area (Å²) < 4.78 is 1.55.